The van der Waals surface area contributed by atoms with Crippen LogP contribution in [0.4, 0.5) is 45.2 Å². The summed E-state index contributed by atoms with van der Waals surface area (Å²) < 4.78 is 59.9. The van der Waals surface area contributed by atoms with Gasteiger partial charge in [0.15, 0.2) is 15.9 Å². The smallest absolute Gasteiger partial charge is 0.436 e. The third kappa shape index (κ3) is 4.63. The van der Waals surface area contributed by atoms with Gasteiger partial charge in [0.05, 0.1) is 22.6 Å². The molecule has 4 aromatic rings. The predicted octanol–water partition coefficient (Wildman–Crippen LogP) is 7.39. The number of rotatable bonds is 4. The number of hydrogen-bond donors (Lipinski definition) is 3. The molecule has 2 amide bonds. The minimum absolute atomic E-state index is 0.164. The first kappa shape index (κ1) is 25.8. The number of benzene rings is 2. The van der Waals surface area contributed by atoms with E-state index in [1.54, 1.807) is 48.4 Å². The van der Waals surface area contributed by atoms with Crippen molar-refractivity contribution in [3.8, 4) is 17.1 Å². The van der Waals surface area contributed by atoms with E-state index >= 15 is 4.39 Å². The van der Waals surface area contributed by atoms with Gasteiger partial charge in [0, 0.05) is 35.0 Å². The number of nitrogens with one attached hydrogen (secondary N) is 2. The van der Waals surface area contributed by atoms with Crippen molar-refractivity contribution in [2.24, 2.45) is 0 Å². The highest BCUT2D eigenvalue weighted by atomic mass is 35.5. The number of nitrogens with zero attached hydrogens (tertiary/aromatic N) is 3. The van der Waals surface area contributed by atoms with Gasteiger partial charge < -0.3 is 19.8 Å². The zero-order valence-corrected chi connectivity index (χ0v) is 21.2. The molecule has 2 aromatic heterocycles. The fourth-order valence-corrected chi connectivity index (χ4v) is 5.18. The van der Waals surface area contributed by atoms with Gasteiger partial charge in [-0.25, -0.2) is 14.2 Å². The molecule has 5 rings (SSSR count). The summed E-state index contributed by atoms with van der Waals surface area (Å²) >= 11 is 6.95. The SMILES string of the molecule is CC1(C)CN(c2ccccc2NC(=O)Nc2csc(Cl)n2)c2c(O)cc(F)c(-c3cc(C(F)(F)F)no3)c21. The fraction of sp³-hybridized carbons (Fsp3) is 0.208. The first-order valence-corrected chi connectivity index (χ1v) is 12.3. The van der Waals surface area contributed by atoms with Crippen molar-refractivity contribution in [3.05, 3.63) is 63.3 Å². The van der Waals surface area contributed by atoms with E-state index in [0.29, 0.717) is 17.4 Å². The normalized spacial score (nSPS) is 14.4. The Morgan fingerprint density at radius 1 is 1.24 bits per heavy atom. The molecule has 14 heteroatoms. The molecule has 3 heterocycles. The predicted molar refractivity (Wildman–Crippen MR) is 135 cm³/mol. The summed E-state index contributed by atoms with van der Waals surface area (Å²) in [4.78, 5) is 18.3. The zero-order valence-electron chi connectivity index (χ0n) is 19.7. The summed E-state index contributed by atoms with van der Waals surface area (Å²) in [5, 5.41) is 20.7. The number of carbonyl (C=O) groups is 1. The zero-order chi connectivity index (χ0) is 27.4. The number of alkyl halides is 3. The number of halogens is 5. The number of phenolic OH excluding ortho intramolecular Hbond substituents is 1. The Morgan fingerprint density at radius 2 is 1.97 bits per heavy atom. The lowest BCUT2D eigenvalue weighted by Crippen LogP contribution is -2.27. The number of urea groups is 1. The quantitative estimate of drug-likeness (QED) is 0.222. The van der Waals surface area contributed by atoms with Crippen LogP contribution < -0.4 is 15.5 Å². The molecule has 0 spiro atoms. The van der Waals surface area contributed by atoms with E-state index in [1.165, 1.54) is 0 Å². The summed E-state index contributed by atoms with van der Waals surface area (Å²) in [7, 11) is 0. The Balaban J connectivity index is 1.57. The molecule has 1 aliphatic heterocycles. The molecule has 0 fully saturated rings. The molecule has 3 N–H and O–H groups in total. The Kier molecular flexibility index (Phi) is 6.22. The highest BCUT2D eigenvalue weighted by molar-refractivity contribution is 7.14. The molecule has 2 aromatic carbocycles. The third-order valence-electron chi connectivity index (χ3n) is 5.94. The van der Waals surface area contributed by atoms with E-state index in [-0.39, 0.29) is 33.6 Å². The molecule has 8 nitrogen and oxygen atoms in total. The van der Waals surface area contributed by atoms with Crippen LogP contribution in [-0.2, 0) is 11.6 Å². The largest absolute Gasteiger partial charge is 0.506 e. The lowest BCUT2D eigenvalue weighted by molar-refractivity contribution is -0.142. The van der Waals surface area contributed by atoms with Crippen LogP contribution >= 0.6 is 22.9 Å². The number of anilines is 4. The molecular formula is C24H18ClF4N5O3S. The van der Waals surface area contributed by atoms with Gasteiger partial charge >= 0.3 is 12.2 Å². The lowest BCUT2D eigenvalue weighted by atomic mass is 9.82. The van der Waals surface area contributed by atoms with E-state index in [1.807, 2.05) is 0 Å². The number of amides is 2. The Hall–Kier alpha value is -3.84. The van der Waals surface area contributed by atoms with Crippen molar-refractivity contribution < 1.29 is 32.0 Å². The van der Waals surface area contributed by atoms with Crippen molar-refractivity contribution >= 4 is 51.8 Å². The van der Waals surface area contributed by atoms with Crippen LogP contribution in [0.2, 0.25) is 4.47 Å². The van der Waals surface area contributed by atoms with E-state index in [2.05, 4.69) is 20.8 Å². The number of aromatic nitrogens is 2. The minimum atomic E-state index is -4.78. The fourth-order valence-electron chi connectivity index (χ4n) is 4.48. The van der Waals surface area contributed by atoms with Gasteiger partial charge in [-0.05, 0) is 12.1 Å². The summed E-state index contributed by atoms with van der Waals surface area (Å²) in [6.45, 7) is 3.70. The number of carbonyl (C=O) groups excluding carboxylic acids is 1. The molecule has 38 heavy (non-hydrogen) atoms. The van der Waals surface area contributed by atoms with Crippen LogP contribution in [0.15, 0.2) is 46.3 Å². The molecule has 0 unspecified atom stereocenters. The van der Waals surface area contributed by atoms with Crippen molar-refractivity contribution in [1.29, 1.82) is 0 Å². The standard InChI is InChI=1S/C24H18ClF4N5O3S/c1-23(2)10-34(13-6-4-3-5-12(13)30-22(36)32-17-9-38-21(25)31-17)20-14(35)7-11(26)18(19(20)23)15-8-16(33-37-15)24(27,28)29/h3-9,35H,10H2,1-2H3,(H2,30,32,36). The molecule has 0 saturated carbocycles. The van der Waals surface area contributed by atoms with Crippen LogP contribution in [0.25, 0.3) is 11.3 Å². The Morgan fingerprint density at radius 3 is 2.63 bits per heavy atom. The Labute approximate surface area is 221 Å². The van der Waals surface area contributed by atoms with Crippen LogP contribution in [-0.4, -0.2) is 27.8 Å². The lowest BCUT2D eigenvalue weighted by Gasteiger charge is -2.25. The van der Waals surface area contributed by atoms with Crippen LogP contribution in [0.3, 0.4) is 0 Å². The molecule has 0 atom stereocenters. The second-order valence-corrected chi connectivity index (χ2v) is 10.5. The molecule has 1 aliphatic rings. The average molecular weight is 568 g/mol. The van der Waals surface area contributed by atoms with E-state index in [4.69, 9.17) is 16.1 Å². The highest BCUT2D eigenvalue weighted by Crippen LogP contribution is 2.54. The number of para-hydroxylation sites is 2. The summed E-state index contributed by atoms with van der Waals surface area (Å²) in [5.74, 6) is -1.56. The maximum Gasteiger partial charge on any atom is 0.436 e. The maximum absolute atomic E-state index is 15.2. The van der Waals surface area contributed by atoms with Gasteiger partial charge in [0.2, 0.25) is 0 Å². The molecule has 0 radical (unpaired) electrons. The summed E-state index contributed by atoms with van der Waals surface area (Å²) in [6.07, 6.45) is -4.78. The first-order chi connectivity index (χ1) is 17.8. The molecule has 0 aliphatic carbocycles. The minimum Gasteiger partial charge on any atom is -0.506 e. The number of thiazole rings is 1. The van der Waals surface area contributed by atoms with Crippen molar-refractivity contribution in [1.82, 2.24) is 10.1 Å². The van der Waals surface area contributed by atoms with Crippen LogP contribution in [0.1, 0.15) is 25.1 Å². The van der Waals surface area contributed by atoms with Gasteiger partial charge in [-0.15, -0.1) is 11.3 Å². The van der Waals surface area contributed by atoms with Gasteiger partial charge in [-0.3, -0.25) is 5.32 Å². The molecular weight excluding hydrogens is 550 g/mol. The van der Waals surface area contributed by atoms with Crippen LogP contribution in [0.5, 0.6) is 5.75 Å². The van der Waals surface area contributed by atoms with E-state index in [0.717, 1.165) is 17.4 Å². The molecule has 198 valence electrons. The van der Waals surface area contributed by atoms with Crippen LogP contribution in [0, 0.1) is 5.82 Å². The van der Waals surface area contributed by atoms with Gasteiger partial charge in [-0.1, -0.05) is 42.7 Å². The monoisotopic (exact) mass is 567 g/mol. The van der Waals surface area contributed by atoms with E-state index < -0.39 is 40.6 Å². The maximum atomic E-state index is 15.2. The average Bonchev–Trinajstić information content (AvgIpc) is 3.53. The molecule has 0 bridgehead atoms. The van der Waals surface area contributed by atoms with Gasteiger partial charge in [-0.2, -0.15) is 13.2 Å². The second kappa shape index (κ2) is 9.17. The second-order valence-electron chi connectivity index (χ2n) is 9.10. The number of fused-ring (bicyclic) bond motifs is 1. The van der Waals surface area contributed by atoms with Gasteiger partial charge in [0.25, 0.3) is 0 Å². The highest BCUT2D eigenvalue weighted by Gasteiger charge is 2.44. The number of phenols is 1. The van der Waals surface area contributed by atoms with Gasteiger partial charge in [0.1, 0.15) is 17.4 Å². The van der Waals surface area contributed by atoms with Crippen molar-refractivity contribution in [3.63, 3.8) is 0 Å². The Bertz CT molecular complexity index is 1550. The molecule has 0 saturated heterocycles. The van der Waals surface area contributed by atoms with E-state index in [9.17, 15) is 23.1 Å². The van der Waals surface area contributed by atoms with Crippen molar-refractivity contribution in [2.75, 3.05) is 22.1 Å². The summed E-state index contributed by atoms with van der Waals surface area (Å²) in [5.41, 5.74) is -1.22. The van der Waals surface area contributed by atoms with Crippen molar-refractivity contribution in [2.45, 2.75) is 25.4 Å². The topological polar surface area (TPSA) is 104 Å². The third-order valence-corrected chi connectivity index (χ3v) is 6.92. The summed E-state index contributed by atoms with van der Waals surface area (Å²) in [6, 6.07) is 7.53. The number of aromatic hydroxyl groups is 1. The number of hydrogen-bond acceptors (Lipinski definition) is 7. The first-order valence-electron chi connectivity index (χ1n) is 11.0.